The Balaban J connectivity index is 1.73. The van der Waals surface area contributed by atoms with Gasteiger partial charge < -0.3 is 19.5 Å². The lowest BCUT2D eigenvalue weighted by atomic mass is 9.68. The van der Waals surface area contributed by atoms with Crippen LogP contribution in [0.25, 0.3) is 0 Å². The Morgan fingerprint density at radius 1 is 1.03 bits per heavy atom. The Kier molecular flexibility index (Phi) is 6.75. The number of ether oxygens (including phenoxy) is 3. The molecule has 0 fully saturated rings. The van der Waals surface area contributed by atoms with Crippen molar-refractivity contribution in [2.45, 2.75) is 53.1 Å². The molecule has 0 spiro atoms. The molecule has 35 heavy (non-hydrogen) atoms. The molecule has 2 aromatic carbocycles. The van der Waals surface area contributed by atoms with Gasteiger partial charge in [0.15, 0.2) is 17.3 Å². The summed E-state index contributed by atoms with van der Waals surface area (Å²) in [5, 5.41) is 3.33. The van der Waals surface area contributed by atoms with Gasteiger partial charge in [0.1, 0.15) is 6.61 Å². The fraction of sp³-hybridized carbons (Fsp3) is 0.379. The van der Waals surface area contributed by atoms with E-state index in [0.29, 0.717) is 41.4 Å². The van der Waals surface area contributed by atoms with Gasteiger partial charge in [-0.2, -0.15) is 0 Å². The maximum absolute atomic E-state index is 13.4. The first-order chi connectivity index (χ1) is 16.6. The number of dihydropyridines is 1. The number of hydrogen-bond donors (Lipinski definition) is 1. The highest BCUT2D eigenvalue weighted by Gasteiger charge is 2.43. The summed E-state index contributed by atoms with van der Waals surface area (Å²) in [6, 6.07) is 13.8. The first-order valence-electron chi connectivity index (χ1n) is 11.8. The Morgan fingerprint density at radius 3 is 2.40 bits per heavy atom. The quantitative estimate of drug-likeness (QED) is 0.567. The van der Waals surface area contributed by atoms with Gasteiger partial charge in [-0.25, -0.2) is 4.79 Å². The molecule has 1 atom stereocenters. The maximum atomic E-state index is 13.4. The topological polar surface area (TPSA) is 73.9 Å². The Morgan fingerprint density at radius 2 is 1.74 bits per heavy atom. The van der Waals surface area contributed by atoms with Crippen LogP contribution in [0.1, 0.15) is 56.2 Å². The van der Waals surface area contributed by atoms with Gasteiger partial charge in [0.2, 0.25) is 0 Å². The fourth-order valence-electron chi connectivity index (χ4n) is 4.98. The Hall–Kier alpha value is -3.54. The molecule has 0 radical (unpaired) electrons. The molecular weight excluding hydrogens is 442 g/mol. The van der Waals surface area contributed by atoms with Crippen LogP contribution in [-0.2, 0) is 20.9 Å². The molecule has 0 amide bonds. The summed E-state index contributed by atoms with van der Waals surface area (Å²) < 4.78 is 16.8. The van der Waals surface area contributed by atoms with E-state index in [1.165, 1.54) is 12.7 Å². The van der Waals surface area contributed by atoms with Gasteiger partial charge in [-0.15, -0.1) is 0 Å². The number of allylic oxidation sites excluding steroid dienone is 3. The lowest BCUT2D eigenvalue weighted by Crippen LogP contribution is -2.38. The number of rotatable bonds is 6. The second kappa shape index (κ2) is 9.61. The average molecular weight is 476 g/mol. The van der Waals surface area contributed by atoms with Crippen molar-refractivity contribution in [2.75, 3.05) is 14.2 Å². The normalized spacial score (nSPS) is 19.1. The van der Waals surface area contributed by atoms with Gasteiger partial charge in [-0.05, 0) is 48.9 Å². The third-order valence-electron chi connectivity index (χ3n) is 6.68. The molecule has 0 unspecified atom stereocenters. The third-order valence-corrected chi connectivity index (χ3v) is 6.68. The highest BCUT2D eigenvalue weighted by molar-refractivity contribution is 6.04. The van der Waals surface area contributed by atoms with Crippen LogP contribution >= 0.6 is 0 Å². The summed E-state index contributed by atoms with van der Waals surface area (Å²) in [6.45, 7) is 8.47. The van der Waals surface area contributed by atoms with Crippen LogP contribution in [0.3, 0.4) is 0 Å². The van der Waals surface area contributed by atoms with Gasteiger partial charge in [-0.3, -0.25) is 4.79 Å². The Labute approximate surface area is 207 Å². The highest BCUT2D eigenvalue weighted by Crippen LogP contribution is 2.47. The molecular formula is C29H33NO5. The zero-order valence-corrected chi connectivity index (χ0v) is 21.3. The number of esters is 1. The van der Waals surface area contributed by atoms with E-state index < -0.39 is 11.9 Å². The molecule has 184 valence electrons. The first kappa shape index (κ1) is 24.6. The van der Waals surface area contributed by atoms with Gasteiger partial charge >= 0.3 is 5.97 Å². The number of carbonyl (C=O) groups excluding carboxylic acids is 2. The van der Waals surface area contributed by atoms with Crippen LogP contribution in [-0.4, -0.2) is 26.0 Å². The van der Waals surface area contributed by atoms with Crippen LogP contribution in [0.5, 0.6) is 11.5 Å². The average Bonchev–Trinajstić information content (AvgIpc) is 2.81. The molecule has 0 saturated carbocycles. The summed E-state index contributed by atoms with van der Waals surface area (Å²) in [4.78, 5) is 26.2. The summed E-state index contributed by atoms with van der Waals surface area (Å²) in [6.07, 6.45) is 1.15. The SMILES string of the molecule is COC(=O)C1=C(C)NC2=C(C(=O)CC(C)(C)C2)[C@H]1c1ccc(OCc2ccc(C)cc2)c(OC)c1. The molecule has 4 rings (SSSR count). The lowest BCUT2D eigenvalue weighted by molar-refractivity contribution is -0.136. The molecule has 0 aromatic heterocycles. The van der Waals surface area contributed by atoms with Crippen molar-refractivity contribution in [1.29, 1.82) is 0 Å². The van der Waals surface area contributed by atoms with E-state index in [2.05, 4.69) is 19.2 Å². The number of carbonyl (C=O) groups is 2. The smallest absolute Gasteiger partial charge is 0.336 e. The van der Waals surface area contributed by atoms with Crippen molar-refractivity contribution >= 4 is 11.8 Å². The van der Waals surface area contributed by atoms with E-state index in [4.69, 9.17) is 14.2 Å². The molecule has 0 bridgehead atoms. The van der Waals surface area contributed by atoms with E-state index in [0.717, 1.165) is 23.2 Å². The van der Waals surface area contributed by atoms with Crippen LogP contribution in [0, 0.1) is 12.3 Å². The number of hydrogen-bond acceptors (Lipinski definition) is 6. The molecule has 0 saturated heterocycles. The summed E-state index contributed by atoms with van der Waals surface area (Å²) >= 11 is 0. The minimum Gasteiger partial charge on any atom is -0.493 e. The van der Waals surface area contributed by atoms with Crippen molar-refractivity contribution in [3.05, 3.63) is 81.7 Å². The number of Topliss-reactive ketones (excluding diaryl/α,β-unsaturated/α-hetero) is 1. The number of aryl methyl sites for hydroxylation is 1. The first-order valence-corrected chi connectivity index (χ1v) is 11.8. The zero-order valence-electron chi connectivity index (χ0n) is 21.3. The van der Waals surface area contributed by atoms with Crippen molar-refractivity contribution in [1.82, 2.24) is 5.32 Å². The predicted molar refractivity (Wildman–Crippen MR) is 134 cm³/mol. The minimum atomic E-state index is -0.539. The summed E-state index contributed by atoms with van der Waals surface area (Å²) in [5.74, 6) is 0.184. The number of ketones is 1. The van der Waals surface area contributed by atoms with E-state index in [1.807, 2.05) is 56.3 Å². The predicted octanol–water partition coefficient (Wildman–Crippen LogP) is 5.36. The van der Waals surface area contributed by atoms with Gasteiger partial charge in [-0.1, -0.05) is 49.7 Å². The molecule has 2 aliphatic rings. The molecule has 6 heteroatoms. The summed E-state index contributed by atoms with van der Waals surface area (Å²) in [5.41, 5.74) is 5.52. The maximum Gasteiger partial charge on any atom is 0.336 e. The molecule has 1 aliphatic carbocycles. The number of nitrogens with one attached hydrogen (secondary N) is 1. The largest absolute Gasteiger partial charge is 0.493 e. The Bertz CT molecular complexity index is 1220. The van der Waals surface area contributed by atoms with E-state index in [1.54, 1.807) is 7.11 Å². The van der Waals surface area contributed by atoms with Gasteiger partial charge in [0.05, 0.1) is 19.8 Å². The van der Waals surface area contributed by atoms with Crippen LogP contribution in [0.4, 0.5) is 0 Å². The zero-order chi connectivity index (χ0) is 25.3. The van der Waals surface area contributed by atoms with Crippen molar-refractivity contribution < 1.29 is 23.8 Å². The van der Waals surface area contributed by atoms with E-state index >= 15 is 0 Å². The fourth-order valence-corrected chi connectivity index (χ4v) is 4.98. The van der Waals surface area contributed by atoms with Gasteiger partial charge in [0, 0.05) is 29.3 Å². The number of methoxy groups -OCH3 is 2. The van der Waals surface area contributed by atoms with Crippen molar-refractivity contribution in [3.63, 3.8) is 0 Å². The van der Waals surface area contributed by atoms with E-state index in [9.17, 15) is 9.59 Å². The van der Waals surface area contributed by atoms with Gasteiger partial charge in [0.25, 0.3) is 0 Å². The second-order valence-electron chi connectivity index (χ2n) is 10.1. The van der Waals surface area contributed by atoms with Crippen LogP contribution in [0.2, 0.25) is 0 Å². The van der Waals surface area contributed by atoms with Crippen molar-refractivity contribution in [2.24, 2.45) is 5.41 Å². The minimum absolute atomic E-state index is 0.0429. The standard InChI is InChI=1S/C29H33NO5/c1-17-7-9-19(10-8-17)16-35-23-12-11-20(13-24(23)33-5)26-25(28(32)34-6)18(2)30-21-14-29(3,4)15-22(31)27(21)26/h7-13,26,30H,14-16H2,1-6H3/t26-/m0/s1. The summed E-state index contributed by atoms with van der Waals surface area (Å²) in [7, 11) is 2.94. The second-order valence-corrected chi connectivity index (χ2v) is 10.1. The molecule has 1 N–H and O–H groups in total. The van der Waals surface area contributed by atoms with Crippen LogP contribution < -0.4 is 14.8 Å². The third kappa shape index (κ3) is 4.97. The number of benzene rings is 2. The monoisotopic (exact) mass is 475 g/mol. The van der Waals surface area contributed by atoms with E-state index in [-0.39, 0.29) is 11.2 Å². The van der Waals surface area contributed by atoms with Crippen molar-refractivity contribution in [3.8, 4) is 11.5 Å². The van der Waals surface area contributed by atoms with Crippen LogP contribution in [0.15, 0.2) is 65.0 Å². The molecule has 1 aliphatic heterocycles. The highest BCUT2D eigenvalue weighted by atomic mass is 16.5. The molecule has 1 heterocycles. The lowest BCUT2D eigenvalue weighted by Gasteiger charge is -2.39. The molecule has 6 nitrogen and oxygen atoms in total. The molecule has 2 aromatic rings.